The summed E-state index contributed by atoms with van der Waals surface area (Å²) in [4.78, 5) is 11.1. The molecule has 6 heteroatoms. The molecule has 1 aromatic rings. The molecule has 0 saturated heterocycles. The summed E-state index contributed by atoms with van der Waals surface area (Å²) in [6.45, 7) is 0.288. The van der Waals surface area contributed by atoms with Gasteiger partial charge in [-0.25, -0.2) is 0 Å². The van der Waals surface area contributed by atoms with Crippen LogP contribution in [0.1, 0.15) is 0 Å². The zero-order valence-corrected chi connectivity index (χ0v) is 9.07. The second-order valence-corrected chi connectivity index (χ2v) is 2.93. The first kappa shape index (κ1) is 13.0. The van der Waals surface area contributed by atoms with Crippen LogP contribution in [0.15, 0.2) is 30.9 Å². The van der Waals surface area contributed by atoms with Gasteiger partial charge in [-0.3, -0.25) is 4.79 Å². The van der Waals surface area contributed by atoms with Crippen LogP contribution in [0.3, 0.4) is 0 Å². The molecule has 0 spiro atoms. The van der Waals surface area contributed by atoms with Gasteiger partial charge in [-0.15, -0.1) is 0 Å². The highest BCUT2D eigenvalue weighted by molar-refractivity contribution is 6.00. The summed E-state index contributed by atoms with van der Waals surface area (Å²) < 4.78 is 33.4. The predicted octanol–water partition coefficient (Wildman–Crippen LogP) is 2.42. The Hall–Kier alpha value is -2.11. The summed E-state index contributed by atoms with van der Waals surface area (Å²) in [5, 5.41) is 2.34. The van der Waals surface area contributed by atoms with Gasteiger partial charge in [-0.05, 0) is 18.2 Å². The van der Waals surface area contributed by atoms with E-state index >= 15 is 0 Å². The number of nitrogens with one attached hydrogen (secondary N) is 1. The highest BCUT2D eigenvalue weighted by Gasteiger charge is 2.12. The molecule has 92 valence electrons. The largest absolute Gasteiger partial charge is 0.497 e. The molecular formula is C11H11F2NO3. The number of benzene rings is 1. The topological polar surface area (TPSA) is 47.6 Å². The number of carbonyl (C=O) groups is 1. The van der Waals surface area contributed by atoms with Crippen molar-refractivity contribution < 1.29 is 23.0 Å². The molecule has 17 heavy (non-hydrogen) atoms. The average molecular weight is 243 g/mol. The Morgan fingerprint density at radius 3 is 2.76 bits per heavy atom. The van der Waals surface area contributed by atoms with E-state index in [0.717, 1.165) is 6.08 Å². The summed E-state index contributed by atoms with van der Waals surface area (Å²) in [5.74, 6) is -0.264. The van der Waals surface area contributed by atoms with Gasteiger partial charge in [-0.1, -0.05) is 6.58 Å². The van der Waals surface area contributed by atoms with Crippen molar-refractivity contribution in [1.29, 1.82) is 0 Å². The molecule has 0 aliphatic heterocycles. The van der Waals surface area contributed by atoms with E-state index in [4.69, 9.17) is 4.74 Å². The Bertz CT molecular complexity index is 421. The smallest absolute Gasteiger partial charge is 0.387 e. The molecule has 4 nitrogen and oxygen atoms in total. The number of halogens is 2. The molecule has 0 atom stereocenters. The molecule has 0 unspecified atom stereocenters. The standard InChI is InChI=1S/C11H11F2NO3/c1-3-10(15)14-8-6-7(16-2)4-5-9(8)17-11(12)13/h3-6,11H,1H2,2H3,(H,14,15). The third-order valence-electron chi connectivity index (χ3n) is 1.85. The first-order chi connectivity index (χ1) is 8.06. The lowest BCUT2D eigenvalue weighted by atomic mass is 10.2. The molecule has 0 aliphatic carbocycles. The maximum Gasteiger partial charge on any atom is 0.387 e. The number of alkyl halides is 2. The van der Waals surface area contributed by atoms with E-state index in [0.29, 0.717) is 5.75 Å². The van der Waals surface area contributed by atoms with Gasteiger partial charge in [-0.2, -0.15) is 8.78 Å². The summed E-state index contributed by atoms with van der Waals surface area (Å²) in [6.07, 6.45) is 1.02. The maximum atomic E-state index is 12.1. The molecule has 1 amide bonds. The van der Waals surface area contributed by atoms with Gasteiger partial charge in [0.15, 0.2) is 0 Å². The number of rotatable bonds is 5. The van der Waals surface area contributed by atoms with Gasteiger partial charge in [0.05, 0.1) is 12.8 Å². The van der Waals surface area contributed by atoms with Crippen molar-refractivity contribution >= 4 is 11.6 Å². The second kappa shape index (κ2) is 5.83. The summed E-state index contributed by atoms with van der Waals surface area (Å²) in [7, 11) is 1.42. The number of ether oxygens (including phenoxy) is 2. The fourth-order valence-corrected chi connectivity index (χ4v) is 1.12. The van der Waals surface area contributed by atoms with Gasteiger partial charge in [0.1, 0.15) is 11.5 Å². The van der Waals surface area contributed by atoms with Crippen molar-refractivity contribution in [3.05, 3.63) is 30.9 Å². The average Bonchev–Trinajstić information content (AvgIpc) is 2.30. The van der Waals surface area contributed by atoms with Crippen molar-refractivity contribution in [2.45, 2.75) is 6.61 Å². The SMILES string of the molecule is C=CC(=O)Nc1cc(OC)ccc1OC(F)F. The Kier molecular flexibility index (Phi) is 4.45. The summed E-state index contributed by atoms with van der Waals surface area (Å²) in [5.41, 5.74) is 0.0922. The highest BCUT2D eigenvalue weighted by atomic mass is 19.3. The lowest BCUT2D eigenvalue weighted by Gasteiger charge is -2.12. The van der Waals surface area contributed by atoms with Gasteiger partial charge < -0.3 is 14.8 Å². The van der Waals surface area contributed by atoms with Gasteiger partial charge >= 0.3 is 6.61 Å². The zero-order valence-electron chi connectivity index (χ0n) is 9.07. The van der Waals surface area contributed by atoms with Gasteiger partial charge in [0.25, 0.3) is 0 Å². The van der Waals surface area contributed by atoms with E-state index in [-0.39, 0.29) is 11.4 Å². The zero-order chi connectivity index (χ0) is 12.8. The minimum atomic E-state index is -2.97. The van der Waals surface area contributed by atoms with Gasteiger partial charge in [0.2, 0.25) is 5.91 Å². The van der Waals surface area contributed by atoms with Crippen LogP contribution in [0.4, 0.5) is 14.5 Å². The van der Waals surface area contributed by atoms with Gasteiger partial charge in [0, 0.05) is 6.07 Å². The molecule has 1 rings (SSSR count). The van der Waals surface area contributed by atoms with Crippen molar-refractivity contribution in [3.63, 3.8) is 0 Å². The van der Waals surface area contributed by atoms with Crippen molar-refractivity contribution in [2.24, 2.45) is 0 Å². The van der Waals surface area contributed by atoms with Crippen LogP contribution in [0.2, 0.25) is 0 Å². The number of hydrogen-bond acceptors (Lipinski definition) is 3. The van der Waals surface area contributed by atoms with Crippen LogP contribution in [0.25, 0.3) is 0 Å². The molecule has 0 bridgehead atoms. The van der Waals surface area contributed by atoms with Crippen molar-refractivity contribution in [1.82, 2.24) is 0 Å². The van der Waals surface area contributed by atoms with Crippen LogP contribution in [-0.2, 0) is 4.79 Å². The Morgan fingerprint density at radius 1 is 1.53 bits per heavy atom. The summed E-state index contributed by atoms with van der Waals surface area (Å²) in [6, 6.07) is 4.10. The molecule has 0 aliphatic rings. The number of carbonyl (C=O) groups excluding carboxylic acids is 1. The molecule has 0 saturated carbocycles. The number of amides is 1. The monoisotopic (exact) mass is 243 g/mol. The van der Waals surface area contributed by atoms with E-state index < -0.39 is 12.5 Å². The third-order valence-corrected chi connectivity index (χ3v) is 1.85. The fourth-order valence-electron chi connectivity index (χ4n) is 1.12. The molecular weight excluding hydrogens is 232 g/mol. The first-order valence-electron chi connectivity index (χ1n) is 4.63. The number of methoxy groups -OCH3 is 1. The lowest BCUT2D eigenvalue weighted by Crippen LogP contribution is -2.11. The molecule has 0 radical (unpaired) electrons. The highest BCUT2D eigenvalue weighted by Crippen LogP contribution is 2.30. The minimum Gasteiger partial charge on any atom is -0.497 e. The fraction of sp³-hybridized carbons (Fsp3) is 0.182. The summed E-state index contributed by atoms with van der Waals surface area (Å²) >= 11 is 0. The van der Waals surface area contributed by atoms with E-state index in [9.17, 15) is 13.6 Å². The predicted molar refractivity (Wildman–Crippen MR) is 58.5 cm³/mol. The second-order valence-electron chi connectivity index (χ2n) is 2.93. The van der Waals surface area contributed by atoms with Crippen LogP contribution < -0.4 is 14.8 Å². The van der Waals surface area contributed by atoms with Crippen LogP contribution in [-0.4, -0.2) is 19.6 Å². The Labute approximate surface area is 96.8 Å². The van der Waals surface area contributed by atoms with Crippen LogP contribution >= 0.6 is 0 Å². The van der Waals surface area contributed by atoms with Crippen LogP contribution in [0.5, 0.6) is 11.5 Å². The number of anilines is 1. The third kappa shape index (κ3) is 3.75. The van der Waals surface area contributed by atoms with Crippen molar-refractivity contribution in [3.8, 4) is 11.5 Å². The molecule has 1 N–H and O–H groups in total. The molecule has 1 aromatic carbocycles. The number of hydrogen-bond donors (Lipinski definition) is 1. The lowest BCUT2D eigenvalue weighted by molar-refractivity contribution is -0.112. The molecule has 0 fully saturated rings. The normalized spacial score (nSPS) is 9.88. The van der Waals surface area contributed by atoms with E-state index in [1.807, 2.05) is 0 Å². The quantitative estimate of drug-likeness (QED) is 0.808. The Morgan fingerprint density at radius 2 is 2.24 bits per heavy atom. The van der Waals surface area contributed by atoms with E-state index in [2.05, 4.69) is 16.6 Å². The van der Waals surface area contributed by atoms with E-state index in [1.165, 1.54) is 25.3 Å². The molecule has 0 heterocycles. The molecule has 0 aromatic heterocycles. The van der Waals surface area contributed by atoms with E-state index in [1.54, 1.807) is 0 Å². The Balaban J connectivity index is 3.02. The minimum absolute atomic E-state index is 0.0922. The van der Waals surface area contributed by atoms with Crippen LogP contribution in [0, 0.1) is 0 Å². The first-order valence-corrected chi connectivity index (χ1v) is 4.63. The maximum absolute atomic E-state index is 12.1. The van der Waals surface area contributed by atoms with Crippen molar-refractivity contribution in [2.75, 3.05) is 12.4 Å².